The fourth-order valence-corrected chi connectivity index (χ4v) is 3.55. The zero-order valence-electron chi connectivity index (χ0n) is 16.0. The molecule has 0 spiro atoms. The van der Waals surface area contributed by atoms with Crippen LogP contribution in [0.25, 0.3) is 0 Å². The Morgan fingerprint density at radius 3 is 2.42 bits per heavy atom. The molecule has 26 heavy (non-hydrogen) atoms. The third-order valence-electron chi connectivity index (χ3n) is 5.13. The lowest BCUT2D eigenvalue weighted by atomic mass is 9.89. The molecule has 1 aromatic heterocycles. The van der Waals surface area contributed by atoms with Gasteiger partial charge in [-0.1, -0.05) is 51.1 Å². The highest BCUT2D eigenvalue weighted by Crippen LogP contribution is 2.33. The van der Waals surface area contributed by atoms with E-state index in [-0.39, 0.29) is 23.7 Å². The molecule has 1 aromatic carbocycles. The van der Waals surface area contributed by atoms with Crippen LogP contribution < -0.4 is 5.73 Å². The van der Waals surface area contributed by atoms with Crippen LogP contribution in [0.5, 0.6) is 0 Å². The minimum Gasteiger partial charge on any atom is -0.336 e. The zero-order valence-corrected chi connectivity index (χ0v) is 16.8. The third kappa shape index (κ3) is 3.94. The molecule has 1 aliphatic rings. The topological polar surface area (TPSA) is 64.2 Å². The Balaban J connectivity index is 0.00000243. The Hall–Kier alpha value is -1.85. The van der Waals surface area contributed by atoms with E-state index in [9.17, 15) is 4.79 Å². The molecule has 0 bridgehead atoms. The standard InChI is InChI=1S/C20H28N4O.ClH/c1-20(2,3)18-10-17(23(4)22-18)19(25)24-12-15(11-21)16(13-24)14-8-6-5-7-9-14;/h5-10,15-16H,11-13,21H2,1-4H3;1H/t15-,16+;/m1./s1. The number of likely N-dealkylation sites (tertiary alicyclic amines) is 1. The molecule has 0 unspecified atom stereocenters. The van der Waals surface area contributed by atoms with Crippen LogP contribution in [0.3, 0.4) is 0 Å². The van der Waals surface area contributed by atoms with Crippen LogP contribution in [0.1, 0.15) is 48.4 Å². The summed E-state index contributed by atoms with van der Waals surface area (Å²) in [5, 5.41) is 4.54. The number of hydrogen-bond acceptors (Lipinski definition) is 3. The lowest BCUT2D eigenvalue weighted by Gasteiger charge is -2.17. The summed E-state index contributed by atoms with van der Waals surface area (Å²) in [6, 6.07) is 12.3. The highest BCUT2D eigenvalue weighted by Gasteiger charge is 2.36. The molecule has 142 valence electrons. The van der Waals surface area contributed by atoms with Crippen molar-refractivity contribution in [3.05, 3.63) is 53.3 Å². The smallest absolute Gasteiger partial charge is 0.272 e. The van der Waals surface area contributed by atoms with Crippen LogP contribution in [0.15, 0.2) is 36.4 Å². The molecule has 2 atom stereocenters. The number of amides is 1. The fourth-order valence-electron chi connectivity index (χ4n) is 3.55. The molecule has 1 saturated heterocycles. The van der Waals surface area contributed by atoms with E-state index in [0.717, 1.165) is 5.69 Å². The molecule has 3 rings (SSSR count). The van der Waals surface area contributed by atoms with Gasteiger partial charge in [-0.25, -0.2) is 0 Å². The Morgan fingerprint density at radius 2 is 1.88 bits per heavy atom. The predicted molar refractivity (Wildman–Crippen MR) is 107 cm³/mol. The minimum atomic E-state index is -0.0757. The van der Waals surface area contributed by atoms with Crippen molar-refractivity contribution in [1.29, 1.82) is 0 Å². The summed E-state index contributed by atoms with van der Waals surface area (Å²) < 4.78 is 1.70. The summed E-state index contributed by atoms with van der Waals surface area (Å²) in [6.07, 6.45) is 0. The van der Waals surface area contributed by atoms with Gasteiger partial charge in [-0.15, -0.1) is 12.4 Å². The lowest BCUT2D eigenvalue weighted by molar-refractivity contribution is 0.0775. The van der Waals surface area contributed by atoms with E-state index < -0.39 is 0 Å². The van der Waals surface area contributed by atoms with Crippen LogP contribution in [0.2, 0.25) is 0 Å². The van der Waals surface area contributed by atoms with Crippen LogP contribution in [-0.4, -0.2) is 40.2 Å². The van der Waals surface area contributed by atoms with Crippen LogP contribution in [0, 0.1) is 5.92 Å². The number of carbonyl (C=O) groups is 1. The number of nitrogens with zero attached hydrogens (tertiary/aromatic N) is 3. The number of rotatable bonds is 3. The normalized spacial score (nSPS) is 20.1. The van der Waals surface area contributed by atoms with Crippen molar-refractivity contribution in [2.24, 2.45) is 18.7 Å². The lowest BCUT2D eigenvalue weighted by Crippen LogP contribution is -2.31. The van der Waals surface area contributed by atoms with E-state index in [2.05, 4.69) is 38.0 Å². The van der Waals surface area contributed by atoms with Crippen LogP contribution >= 0.6 is 12.4 Å². The average Bonchev–Trinajstić information content (AvgIpc) is 3.18. The van der Waals surface area contributed by atoms with Gasteiger partial charge in [-0.05, 0) is 24.1 Å². The van der Waals surface area contributed by atoms with Crippen LogP contribution in [-0.2, 0) is 12.5 Å². The second-order valence-corrected chi connectivity index (χ2v) is 8.01. The predicted octanol–water partition coefficient (Wildman–Crippen LogP) is 2.95. The first-order chi connectivity index (χ1) is 11.8. The number of benzene rings is 1. The third-order valence-corrected chi connectivity index (χ3v) is 5.13. The van der Waals surface area contributed by atoms with E-state index in [1.165, 1.54) is 5.56 Å². The molecule has 1 fully saturated rings. The number of hydrogen-bond donors (Lipinski definition) is 1. The fraction of sp³-hybridized carbons (Fsp3) is 0.500. The van der Waals surface area contributed by atoms with E-state index in [1.54, 1.807) is 4.68 Å². The SMILES string of the molecule is Cl.Cn1nc(C(C)(C)C)cc1C(=O)N1C[C@@H](CN)[C@H](c2ccccc2)C1. The van der Waals surface area contributed by atoms with Crippen molar-refractivity contribution in [3.63, 3.8) is 0 Å². The van der Waals surface area contributed by atoms with Gasteiger partial charge in [0.1, 0.15) is 5.69 Å². The first-order valence-corrected chi connectivity index (χ1v) is 8.90. The summed E-state index contributed by atoms with van der Waals surface area (Å²) in [4.78, 5) is 15.0. The van der Waals surface area contributed by atoms with Crippen molar-refractivity contribution in [2.75, 3.05) is 19.6 Å². The Kier molecular flexibility index (Phi) is 6.14. The Bertz CT molecular complexity index is 751. The molecule has 5 nitrogen and oxygen atoms in total. The number of aromatic nitrogens is 2. The first-order valence-electron chi connectivity index (χ1n) is 8.90. The highest BCUT2D eigenvalue weighted by atomic mass is 35.5. The van der Waals surface area contributed by atoms with E-state index in [4.69, 9.17) is 5.73 Å². The van der Waals surface area contributed by atoms with Crippen LogP contribution in [0.4, 0.5) is 0 Å². The number of halogens is 1. The van der Waals surface area contributed by atoms with Gasteiger partial charge in [0.2, 0.25) is 0 Å². The van der Waals surface area contributed by atoms with Crippen molar-refractivity contribution in [1.82, 2.24) is 14.7 Å². The van der Waals surface area contributed by atoms with E-state index in [1.807, 2.05) is 36.2 Å². The van der Waals surface area contributed by atoms with E-state index in [0.29, 0.717) is 37.2 Å². The molecular formula is C20H29ClN4O. The van der Waals surface area contributed by atoms with E-state index >= 15 is 0 Å². The molecule has 0 aliphatic carbocycles. The maximum atomic E-state index is 13.1. The van der Waals surface area contributed by atoms with Crippen molar-refractivity contribution in [2.45, 2.75) is 32.1 Å². The molecule has 2 N–H and O–H groups in total. The van der Waals surface area contributed by atoms with Gasteiger partial charge in [0.15, 0.2) is 0 Å². The summed E-state index contributed by atoms with van der Waals surface area (Å²) in [7, 11) is 1.84. The van der Waals surface area contributed by atoms with Gasteiger partial charge in [0.05, 0.1) is 5.69 Å². The quantitative estimate of drug-likeness (QED) is 0.895. The first kappa shape index (κ1) is 20.5. The molecule has 1 amide bonds. The van der Waals surface area contributed by atoms with Gasteiger partial charge in [-0.2, -0.15) is 5.10 Å². The monoisotopic (exact) mass is 376 g/mol. The van der Waals surface area contributed by atoms with Crippen molar-refractivity contribution in [3.8, 4) is 0 Å². The second-order valence-electron chi connectivity index (χ2n) is 8.01. The highest BCUT2D eigenvalue weighted by molar-refractivity contribution is 5.93. The zero-order chi connectivity index (χ0) is 18.2. The average molecular weight is 377 g/mol. The summed E-state index contributed by atoms with van der Waals surface area (Å²) in [6.45, 7) is 8.31. The Morgan fingerprint density at radius 1 is 1.23 bits per heavy atom. The molecule has 2 heterocycles. The van der Waals surface area contributed by atoms with Crippen molar-refractivity contribution >= 4 is 18.3 Å². The minimum absolute atomic E-state index is 0. The molecule has 2 aromatic rings. The van der Waals surface area contributed by atoms with Gasteiger partial charge < -0.3 is 10.6 Å². The summed E-state index contributed by atoms with van der Waals surface area (Å²) in [5.74, 6) is 0.634. The largest absolute Gasteiger partial charge is 0.336 e. The van der Waals surface area contributed by atoms with Gasteiger partial charge in [0, 0.05) is 31.5 Å². The van der Waals surface area contributed by atoms with Gasteiger partial charge in [0.25, 0.3) is 5.91 Å². The molecule has 6 heteroatoms. The summed E-state index contributed by atoms with van der Waals surface area (Å²) >= 11 is 0. The number of aryl methyl sites for hydroxylation is 1. The van der Waals surface area contributed by atoms with Gasteiger partial charge in [-0.3, -0.25) is 9.48 Å². The summed E-state index contributed by atoms with van der Waals surface area (Å²) in [5.41, 5.74) is 8.77. The molecule has 0 saturated carbocycles. The molecule has 1 aliphatic heterocycles. The number of nitrogens with two attached hydrogens (primary N) is 1. The molecule has 0 radical (unpaired) electrons. The Labute approximate surface area is 162 Å². The number of carbonyl (C=O) groups excluding carboxylic acids is 1. The second kappa shape index (κ2) is 7.80. The van der Waals surface area contributed by atoms with Crippen molar-refractivity contribution < 1.29 is 4.79 Å². The van der Waals surface area contributed by atoms with Gasteiger partial charge >= 0.3 is 0 Å². The maximum absolute atomic E-state index is 13.1. The maximum Gasteiger partial charge on any atom is 0.272 e. The molecular weight excluding hydrogens is 348 g/mol.